The van der Waals surface area contributed by atoms with Crippen LogP contribution in [0.2, 0.25) is 5.02 Å². The number of amides is 2. The van der Waals surface area contributed by atoms with Crippen LogP contribution in [0.4, 0.5) is 9.18 Å². The molecular weight excluding hydrogens is 405 g/mol. The van der Waals surface area contributed by atoms with E-state index in [2.05, 4.69) is 10.6 Å². The summed E-state index contributed by atoms with van der Waals surface area (Å²) in [7, 11) is 0. The fourth-order valence-corrected chi connectivity index (χ4v) is 3.78. The molecule has 1 saturated heterocycles. The number of benzene rings is 2. The van der Waals surface area contributed by atoms with E-state index in [1.54, 1.807) is 6.07 Å². The molecule has 1 fully saturated rings. The maximum atomic E-state index is 13.4. The summed E-state index contributed by atoms with van der Waals surface area (Å²) in [6.07, 6.45) is 1.85. The molecule has 2 aromatic carbocycles. The van der Waals surface area contributed by atoms with Gasteiger partial charge in [0.25, 0.3) is 0 Å². The second kappa shape index (κ2) is 10.6. The lowest BCUT2D eigenvalue weighted by Crippen LogP contribution is -2.49. The lowest BCUT2D eigenvalue weighted by molar-refractivity contribution is 0.154. The Morgan fingerprint density at radius 1 is 1.23 bits per heavy atom. The van der Waals surface area contributed by atoms with Gasteiger partial charge in [0.2, 0.25) is 0 Å². The van der Waals surface area contributed by atoms with Gasteiger partial charge in [-0.2, -0.15) is 0 Å². The highest BCUT2D eigenvalue weighted by molar-refractivity contribution is 6.31. The number of ether oxygens (including phenoxy) is 1. The van der Waals surface area contributed by atoms with E-state index in [1.807, 2.05) is 43.0 Å². The fraction of sp³-hybridized carbons (Fsp3) is 0.435. The van der Waals surface area contributed by atoms with Gasteiger partial charge in [-0.15, -0.1) is 0 Å². The first-order valence-corrected chi connectivity index (χ1v) is 10.7. The summed E-state index contributed by atoms with van der Waals surface area (Å²) in [5, 5.41) is 6.67. The maximum absolute atomic E-state index is 13.4. The lowest BCUT2D eigenvalue weighted by Gasteiger charge is -2.35. The van der Waals surface area contributed by atoms with Gasteiger partial charge in [-0.05, 0) is 75.2 Å². The third-order valence-corrected chi connectivity index (χ3v) is 5.46. The molecule has 1 aliphatic rings. The van der Waals surface area contributed by atoms with Crippen LogP contribution in [0.5, 0.6) is 5.75 Å². The molecule has 0 unspecified atom stereocenters. The van der Waals surface area contributed by atoms with Crippen molar-refractivity contribution in [2.24, 2.45) is 0 Å². The van der Waals surface area contributed by atoms with Crippen LogP contribution < -0.4 is 15.4 Å². The first-order chi connectivity index (χ1) is 14.4. The highest BCUT2D eigenvalue weighted by Crippen LogP contribution is 2.22. The highest BCUT2D eigenvalue weighted by atomic mass is 35.5. The molecule has 0 radical (unpaired) electrons. The van der Waals surface area contributed by atoms with Gasteiger partial charge in [-0.25, -0.2) is 9.18 Å². The van der Waals surface area contributed by atoms with Gasteiger partial charge in [0, 0.05) is 24.2 Å². The average molecular weight is 434 g/mol. The van der Waals surface area contributed by atoms with Crippen LogP contribution in [0.15, 0.2) is 42.5 Å². The monoisotopic (exact) mass is 433 g/mol. The molecule has 0 aliphatic carbocycles. The molecule has 7 heteroatoms. The molecule has 2 amide bonds. The van der Waals surface area contributed by atoms with E-state index in [-0.39, 0.29) is 24.0 Å². The molecule has 5 nitrogen and oxygen atoms in total. The smallest absolute Gasteiger partial charge is 0.318 e. The first-order valence-electron chi connectivity index (χ1n) is 10.4. The number of urea groups is 1. The predicted molar refractivity (Wildman–Crippen MR) is 117 cm³/mol. The normalized spacial score (nSPS) is 14.6. The Kier molecular flexibility index (Phi) is 7.94. The number of halogens is 2. The SMILES string of the molecule is CC(C)Oc1ccc(CNC(=O)N(Cc2ccc(F)cc2Cl)C2CCNCC2)cc1. The predicted octanol–water partition coefficient (Wildman–Crippen LogP) is 4.73. The molecule has 0 bridgehead atoms. The van der Waals surface area contributed by atoms with Crippen molar-refractivity contribution in [2.45, 2.75) is 51.9 Å². The molecule has 1 heterocycles. The number of carbonyl (C=O) groups excluding carboxylic acids is 1. The van der Waals surface area contributed by atoms with E-state index in [0.717, 1.165) is 42.8 Å². The van der Waals surface area contributed by atoms with E-state index in [4.69, 9.17) is 16.3 Å². The van der Waals surface area contributed by atoms with Crippen molar-refractivity contribution in [3.05, 3.63) is 64.4 Å². The zero-order valence-electron chi connectivity index (χ0n) is 17.5. The van der Waals surface area contributed by atoms with Gasteiger partial charge in [0.05, 0.1) is 6.10 Å². The Labute approximate surface area is 182 Å². The Morgan fingerprint density at radius 2 is 1.93 bits per heavy atom. The van der Waals surface area contributed by atoms with Crippen molar-refractivity contribution in [2.75, 3.05) is 13.1 Å². The lowest BCUT2D eigenvalue weighted by atomic mass is 10.0. The van der Waals surface area contributed by atoms with Gasteiger partial charge in [-0.3, -0.25) is 0 Å². The molecular formula is C23H29ClFN3O2. The topological polar surface area (TPSA) is 53.6 Å². The molecule has 2 N–H and O–H groups in total. The number of nitrogens with zero attached hydrogens (tertiary/aromatic N) is 1. The molecule has 30 heavy (non-hydrogen) atoms. The van der Waals surface area contributed by atoms with Crippen molar-refractivity contribution >= 4 is 17.6 Å². The fourth-order valence-electron chi connectivity index (χ4n) is 3.56. The van der Waals surface area contributed by atoms with Crippen LogP contribution in [0.3, 0.4) is 0 Å². The summed E-state index contributed by atoms with van der Waals surface area (Å²) < 4.78 is 19.1. The minimum absolute atomic E-state index is 0.106. The van der Waals surface area contributed by atoms with Gasteiger partial charge >= 0.3 is 6.03 Å². The summed E-state index contributed by atoms with van der Waals surface area (Å²) in [5.41, 5.74) is 1.73. The van der Waals surface area contributed by atoms with Crippen LogP contribution in [-0.4, -0.2) is 36.2 Å². The molecule has 2 aromatic rings. The van der Waals surface area contributed by atoms with Crippen LogP contribution in [0.1, 0.15) is 37.8 Å². The van der Waals surface area contributed by atoms with Gasteiger partial charge in [0.1, 0.15) is 11.6 Å². The van der Waals surface area contributed by atoms with Crippen molar-refractivity contribution < 1.29 is 13.9 Å². The van der Waals surface area contributed by atoms with E-state index < -0.39 is 0 Å². The molecule has 3 rings (SSSR count). The van der Waals surface area contributed by atoms with Crippen LogP contribution in [0, 0.1) is 5.82 Å². The molecule has 0 atom stereocenters. The molecule has 1 aliphatic heterocycles. The molecule has 0 aromatic heterocycles. The summed E-state index contributed by atoms with van der Waals surface area (Å²) in [5.74, 6) is 0.425. The largest absolute Gasteiger partial charge is 0.491 e. The zero-order chi connectivity index (χ0) is 21.5. The third kappa shape index (κ3) is 6.34. The second-order valence-electron chi connectivity index (χ2n) is 7.81. The number of carbonyl (C=O) groups is 1. The number of hydrogen-bond acceptors (Lipinski definition) is 3. The van der Waals surface area contributed by atoms with Crippen molar-refractivity contribution in [1.29, 1.82) is 0 Å². The number of rotatable bonds is 7. The summed E-state index contributed by atoms with van der Waals surface area (Å²) in [6, 6.07) is 12.0. The summed E-state index contributed by atoms with van der Waals surface area (Å²) in [6.45, 7) is 6.45. The van der Waals surface area contributed by atoms with E-state index >= 15 is 0 Å². The van der Waals surface area contributed by atoms with Gasteiger partial charge < -0.3 is 20.3 Å². The van der Waals surface area contributed by atoms with Crippen LogP contribution in [0.25, 0.3) is 0 Å². The van der Waals surface area contributed by atoms with E-state index in [0.29, 0.717) is 18.1 Å². The Hall–Kier alpha value is -2.31. The molecule has 0 saturated carbocycles. The third-order valence-electron chi connectivity index (χ3n) is 5.10. The quantitative estimate of drug-likeness (QED) is 0.663. The summed E-state index contributed by atoms with van der Waals surface area (Å²) in [4.78, 5) is 14.9. The molecule has 162 valence electrons. The Bertz CT molecular complexity index is 839. The van der Waals surface area contributed by atoms with Crippen molar-refractivity contribution in [1.82, 2.24) is 15.5 Å². The Morgan fingerprint density at radius 3 is 2.57 bits per heavy atom. The van der Waals surface area contributed by atoms with E-state index in [9.17, 15) is 9.18 Å². The highest BCUT2D eigenvalue weighted by Gasteiger charge is 2.26. The van der Waals surface area contributed by atoms with Crippen molar-refractivity contribution in [3.8, 4) is 5.75 Å². The minimum atomic E-state index is -0.383. The van der Waals surface area contributed by atoms with Crippen LogP contribution >= 0.6 is 11.6 Å². The molecule has 0 spiro atoms. The first kappa shape index (κ1) is 22.4. The second-order valence-corrected chi connectivity index (χ2v) is 8.22. The Balaban J connectivity index is 1.67. The number of piperidine rings is 1. The average Bonchev–Trinajstić information content (AvgIpc) is 2.73. The summed E-state index contributed by atoms with van der Waals surface area (Å²) >= 11 is 6.22. The maximum Gasteiger partial charge on any atom is 0.318 e. The number of hydrogen-bond donors (Lipinski definition) is 2. The standard InChI is InChI=1S/C23H29ClFN3O2/c1-16(2)30-21-7-3-17(4-8-21)14-27-23(29)28(20-9-11-26-12-10-20)15-18-5-6-19(25)13-22(18)24/h3-8,13,16,20,26H,9-12,14-15H2,1-2H3,(H,27,29). The zero-order valence-corrected chi connectivity index (χ0v) is 18.2. The van der Waals surface area contributed by atoms with E-state index in [1.165, 1.54) is 12.1 Å². The van der Waals surface area contributed by atoms with Crippen LogP contribution in [-0.2, 0) is 13.1 Å². The number of nitrogens with one attached hydrogen (secondary N) is 2. The minimum Gasteiger partial charge on any atom is -0.491 e. The van der Waals surface area contributed by atoms with Gasteiger partial charge in [-0.1, -0.05) is 29.8 Å². The van der Waals surface area contributed by atoms with Gasteiger partial charge in [0.15, 0.2) is 0 Å². The van der Waals surface area contributed by atoms with Crippen molar-refractivity contribution in [3.63, 3.8) is 0 Å².